The average Bonchev–Trinajstić information content (AvgIpc) is 2.61. The van der Waals surface area contributed by atoms with Crippen LogP contribution < -0.4 is 10.1 Å². The van der Waals surface area contributed by atoms with E-state index in [9.17, 15) is 9.59 Å². The molecule has 0 aliphatic heterocycles. The predicted molar refractivity (Wildman–Crippen MR) is 95.0 cm³/mol. The Labute approximate surface area is 148 Å². The largest absolute Gasteiger partial charge is 0.496 e. The number of methoxy groups -OCH3 is 2. The van der Waals surface area contributed by atoms with Crippen molar-refractivity contribution in [2.24, 2.45) is 5.92 Å². The first-order valence-electron chi connectivity index (χ1n) is 8.67. The second-order valence-corrected chi connectivity index (χ2v) is 6.49. The Bertz CT molecular complexity index is 626. The van der Waals surface area contributed by atoms with E-state index in [1.54, 1.807) is 18.2 Å². The molecule has 0 heterocycles. The zero-order valence-corrected chi connectivity index (χ0v) is 15.4. The minimum Gasteiger partial charge on any atom is -0.496 e. The third-order valence-electron chi connectivity index (χ3n) is 4.65. The molecule has 0 spiro atoms. The number of amides is 1. The minimum atomic E-state index is -0.808. The summed E-state index contributed by atoms with van der Waals surface area (Å²) in [5.41, 5.74) is -0.0219. The highest BCUT2D eigenvalue weighted by molar-refractivity contribution is 5.99. The van der Waals surface area contributed by atoms with Crippen LogP contribution in [0.5, 0.6) is 5.75 Å². The molecule has 1 fully saturated rings. The van der Waals surface area contributed by atoms with Crippen LogP contribution in [0.4, 0.5) is 5.69 Å². The lowest BCUT2D eigenvalue weighted by atomic mass is 9.78. The SMILES string of the molecule is CCO[C@]1(C(=O)Nc2ccc(OC)c(C(=O)OC)c2)CCC[C@H](C)C1. The molecule has 25 heavy (non-hydrogen) atoms. The van der Waals surface area contributed by atoms with Crippen molar-refractivity contribution in [3.8, 4) is 5.75 Å². The van der Waals surface area contributed by atoms with Crippen molar-refractivity contribution in [2.45, 2.75) is 45.1 Å². The van der Waals surface area contributed by atoms with Gasteiger partial charge in [0.1, 0.15) is 16.9 Å². The van der Waals surface area contributed by atoms with Crippen LogP contribution in [-0.4, -0.2) is 38.3 Å². The molecular formula is C19H27NO5. The normalized spacial score (nSPS) is 23.0. The Morgan fingerprint density at radius 1 is 1.32 bits per heavy atom. The van der Waals surface area contributed by atoms with Crippen molar-refractivity contribution in [1.82, 2.24) is 0 Å². The first-order valence-corrected chi connectivity index (χ1v) is 8.67. The molecule has 2 rings (SSSR count). The summed E-state index contributed by atoms with van der Waals surface area (Å²) in [6, 6.07) is 4.91. The maximum absolute atomic E-state index is 12.9. The summed E-state index contributed by atoms with van der Waals surface area (Å²) in [6.07, 6.45) is 3.48. The summed E-state index contributed by atoms with van der Waals surface area (Å²) < 4.78 is 15.8. The number of carbonyl (C=O) groups excluding carboxylic acids is 2. The van der Waals surface area contributed by atoms with Gasteiger partial charge in [0.15, 0.2) is 0 Å². The maximum atomic E-state index is 12.9. The van der Waals surface area contributed by atoms with Crippen LogP contribution in [-0.2, 0) is 14.3 Å². The Hall–Kier alpha value is -2.08. The fourth-order valence-corrected chi connectivity index (χ4v) is 3.48. The number of carbonyl (C=O) groups is 2. The van der Waals surface area contributed by atoms with Crippen molar-refractivity contribution >= 4 is 17.6 Å². The minimum absolute atomic E-state index is 0.165. The lowest BCUT2D eigenvalue weighted by molar-refractivity contribution is -0.147. The summed E-state index contributed by atoms with van der Waals surface area (Å²) in [5, 5.41) is 2.90. The zero-order chi connectivity index (χ0) is 18.4. The molecule has 0 saturated heterocycles. The van der Waals surface area contributed by atoms with E-state index in [1.165, 1.54) is 14.2 Å². The molecule has 6 nitrogen and oxygen atoms in total. The molecule has 1 N–H and O–H groups in total. The fraction of sp³-hybridized carbons (Fsp3) is 0.579. The highest BCUT2D eigenvalue weighted by Gasteiger charge is 2.42. The van der Waals surface area contributed by atoms with Gasteiger partial charge in [0, 0.05) is 12.3 Å². The first kappa shape index (κ1) is 19.2. The molecule has 6 heteroatoms. The van der Waals surface area contributed by atoms with E-state index in [-0.39, 0.29) is 11.5 Å². The van der Waals surface area contributed by atoms with Crippen LogP contribution >= 0.6 is 0 Å². The average molecular weight is 349 g/mol. The molecule has 0 bridgehead atoms. The number of nitrogens with one attached hydrogen (secondary N) is 1. The molecule has 0 unspecified atom stereocenters. The second kappa shape index (κ2) is 8.34. The van der Waals surface area contributed by atoms with Crippen molar-refractivity contribution in [2.75, 3.05) is 26.1 Å². The van der Waals surface area contributed by atoms with Crippen molar-refractivity contribution in [3.05, 3.63) is 23.8 Å². The van der Waals surface area contributed by atoms with Crippen molar-refractivity contribution in [3.63, 3.8) is 0 Å². The molecule has 1 saturated carbocycles. The second-order valence-electron chi connectivity index (χ2n) is 6.49. The lowest BCUT2D eigenvalue weighted by Crippen LogP contribution is -2.48. The molecule has 1 aliphatic rings. The molecule has 1 aromatic rings. The molecule has 1 amide bonds. The maximum Gasteiger partial charge on any atom is 0.341 e. The third kappa shape index (κ3) is 4.31. The molecule has 1 aliphatic carbocycles. The lowest BCUT2D eigenvalue weighted by Gasteiger charge is -2.38. The van der Waals surface area contributed by atoms with E-state index in [0.29, 0.717) is 36.8 Å². The standard InChI is InChI=1S/C19H27NO5/c1-5-25-19(10-6-7-13(2)12-19)18(22)20-14-8-9-16(23-3)15(11-14)17(21)24-4/h8-9,11,13H,5-7,10,12H2,1-4H3,(H,20,22)/t13-,19+/m0/s1. The van der Waals surface area contributed by atoms with Crippen LogP contribution in [0.15, 0.2) is 18.2 Å². The molecule has 2 atom stereocenters. The van der Waals surface area contributed by atoms with Gasteiger partial charge in [-0.05, 0) is 50.3 Å². The summed E-state index contributed by atoms with van der Waals surface area (Å²) >= 11 is 0. The number of rotatable bonds is 6. The number of hydrogen-bond acceptors (Lipinski definition) is 5. The van der Waals surface area contributed by atoms with Gasteiger partial charge >= 0.3 is 5.97 Å². The van der Waals surface area contributed by atoms with Gasteiger partial charge in [-0.25, -0.2) is 4.79 Å². The van der Waals surface area contributed by atoms with Crippen molar-refractivity contribution in [1.29, 1.82) is 0 Å². The summed E-state index contributed by atoms with van der Waals surface area (Å²) in [7, 11) is 2.79. The highest BCUT2D eigenvalue weighted by Crippen LogP contribution is 2.36. The smallest absolute Gasteiger partial charge is 0.341 e. The van der Waals surface area contributed by atoms with Crippen LogP contribution in [0, 0.1) is 5.92 Å². The van der Waals surface area contributed by atoms with Gasteiger partial charge < -0.3 is 19.5 Å². The van der Waals surface area contributed by atoms with Gasteiger partial charge in [-0.1, -0.05) is 13.3 Å². The Morgan fingerprint density at radius 2 is 2.08 bits per heavy atom. The highest BCUT2D eigenvalue weighted by atomic mass is 16.5. The van der Waals surface area contributed by atoms with Gasteiger partial charge in [0.05, 0.1) is 14.2 Å². The number of anilines is 1. The van der Waals surface area contributed by atoms with Crippen LogP contribution in [0.25, 0.3) is 0 Å². The topological polar surface area (TPSA) is 73.9 Å². The van der Waals surface area contributed by atoms with E-state index in [4.69, 9.17) is 14.2 Å². The van der Waals surface area contributed by atoms with E-state index >= 15 is 0 Å². The van der Waals surface area contributed by atoms with Crippen LogP contribution in [0.2, 0.25) is 0 Å². The number of hydrogen-bond donors (Lipinski definition) is 1. The van der Waals surface area contributed by atoms with Gasteiger partial charge in [0.2, 0.25) is 0 Å². The fourth-order valence-electron chi connectivity index (χ4n) is 3.48. The predicted octanol–water partition coefficient (Wildman–Crippen LogP) is 3.41. The summed E-state index contributed by atoms with van der Waals surface area (Å²) in [6.45, 7) is 4.52. The first-order chi connectivity index (χ1) is 12.0. The molecular weight excluding hydrogens is 322 g/mol. The quantitative estimate of drug-likeness (QED) is 0.797. The van der Waals surface area contributed by atoms with Gasteiger partial charge in [-0.15, -0.1) is 0 Å². The molecule has 138 valence electrons. The van der Waals surface area contributed by atoms with Gasteiger partial charge in [0.25, 0.3) is 5.91 Å². The van der Waals surface area contributed by atoms with Crippen molar-refractivity contribution < 1.29 is 23.8 Å². The Kier molecular flexibility index (Phi) is 6.42. The summed E-state index contributed by atoms with van der Waals surface area (Å²) in [5.74, 6) is 0.156. The van der Waals surface area contributed by atoms with Crippen LogP contribution in [0.3, 0.4) is 0 Å². The van der Waals surface area contributed by atoms with Crippen LogP contribution in [0.1, 0.15) is 49.9 Å². The van der Waals surface area contributed by atoms with E-state index < -0.39 is 11.6 Å². The number of esters is 1. The van der Waals surface area contributed by atoms with E-state index in [0.717, 1.165) is 12.8 Å². The monoisotopic (exact) mass is 349 g/mol. The molecule has 1 aromatic carbocycles. The van der Waals surface area contributed by atoms with Gasteiger partial charge in [-0.2, -0.15) is 0 Å². The summed E-state index contributed by atoms with van der Waals surface area (Å²) in [4.78, 5) is 24.8. The molecule has 0 radical (unpaired) electrons. The number of benzene rings is 1. The zero-order valence-electron chi connectivity index (χ0n) is 15.4. The van der Waals surface area contributed by atoms with E-state index in [2.05, 4.69) is 12.2 Å². The van der Waals surface area contributed by atoms with Gasteiger partial charge in [-0.3, -0.25) is 4.79 Å². The number of ether oxygens (including phenoxy) is 3. The Morgan fingerprint density at radius 3 is 2.68 bits per heavy atom. The van der Waals surface area contributed by atoms with E-state index in [1.807, 2.05) is 6.92 Å². The molecule has 0 aromatic heterocycles. The Balaban J connectivity index is 2.25. The third-order valence-corrected chi connectivity index (χ3v) is 4.65.